The van der Waals surface area contributed by atoms with Gasteiger partial charge in [0.1, 0.15) is 5.82 Å². The molecule has 4 saturated carbocycles. The summed E-state index contributed by atoms with van der Waals surface area (Å²) in [6.45, 7) is 0. The number of aromatic nitrogens is 2. The van der Waals surface area contributed by atoms with E-state index in [0.29, 0.717) is 5.02 Å². The smallest absolute Gasteiger partial charge is 0.231 e. The fourth-order valence-corrected chi connectivity index (χ4v) is 7.70. The molecule has 4 aliphatic carbocycles. The van der Waals surface area contributed by atoms with Gasteiger partial charge in [-0.15, -0.1) is 0 Å². The number of nitrogens with one attached hydrogen (secondary N) is 1. The maximum Gasteiger partial charge on any atom is 0.231 e. The van der Waals surface area contributed by atoms with Crippen LogP contribution < -0.4 is 5.32 Å². The monoisotopic (exact) mass is 413 g/mol. The van der Waals surface area contributed by atoms with Crippen LogP contribution in [0.3, 0.4) is 0 Å². The average Bonchev–Trinajstić information content (AvgIpc) is 3.24. The standard InChI is InChI=1S/C22H24ClN3OS/c23-16-1-3-17(4-2-16)26-20(18-11-28-12-19(18)25-26)24-21(27)22-8-13-5-14(9-22)7-15(6-13)10-22/h1-4,13-15H,5-12H2,(H,24,27). The first-order chi connectivity index (χ1) is 13.6. The number of fused-ring (bicyclic) bond motifs is 1. The van der Waals surface area contributed by atoms with Gasteiger partial charge in [0.15, 0.2) is 0 Å². The second-order valence-electron chi connectivity index (χ2n) is 9.31. The summed E-state index contributed by atoms with van der Waals surface area (Å²) >= 11 is 7.94. The van der Waals surface area contributed by atoms with E-state index in [9.17, 15) is 4.79 Å². The van der Waals surface area contributed by atoms with Crippen molar-refractivity contribution in [3.05, 3.63) is 40.5 Å². The predicted molar refractivity (Wildman–Crippen MR) is 113 cm³/mol. The Bertz CT molecular complexity index is 916. The second-order valence-corrected chi connectivity index (χ2v) is 10.7. The molecule has 0 radical (unpaired) electrons. The summed E-state index contributed by atoms with van der Waals surface area (Å²) in [6, 6.07) is 7.70. The molecule has 0 spiro atoms. The van der Waals surface area contributed by atoms with Crippen molar-refractivity contribution >= 4 is 35.1 Å². The van der Waals surface area contributed by atoms with Gasteiger partial charge in [0.25, 0.3) is 0 Å². The number of hydrogen-bond acceptors (Lipinski definition) is 3. The summed E-state index contributed by atoms with van der Waals surface area (Å²) in [5.41, 5.74) is 3.09. The van der Waals surface area contributed by atoms with Gasteiger partial charge in [-0.1, -0.05) is 11.6 Å². The van der Waals surface area contributed by atoms with Crippen molar-refractivity contribution in [2.24, 2.45) is 23.2 Å². The first kappa shape index (κ1) is 17.4. The van der Waals surface area contributed by atoms with Gasteiger partial charge in [0, 0.05) is 22.1 Å². The highest BCUT2D eigenvalue weighted by Gasteiger charge is 2.54. The van der Waals surface area contributed by atoms with Gasteiger partial charge < -0.3 is 5.32 Å². The Morgan fingerprint density at radius 3 is 2.36 bits per heavy atom. The number of hydrogen-bond donors (Lipinski definition) is 1. The Labute approximate surface area is 174 Å². The lowest BCUT2D eigenvalue weighted by molar-refractivity contribution is -0.140. The lowest BCUT2D eigenvalue weighted by Gasteiger charge is -2.55. The summed E-state index contributed by atoms with van der Waals surface area (Å²) in [7, 11) is 0. The number of benzene rings is 1. The minimum absolute atomic E-state index is 0.150. The van der Waals surface area contributed by atoms with Crippen LogP contribution in [0.2, 0.25) is 5.02 Å². The molecule has 2 heterocycles. The fraction of sp³-hybridized carbons (Fsp3) is 0.545. The summed E-state index contributed by atoms with van der Waals surface area (Å²) < 4.78 is 1.92. The van der Waals surface area contributed by atoms with Crippen LogP contribution in [0.25, 0.3) is 5.69 Å². The average molecular weight is 414 g/mol. The molecule has 5 aliphatic rings. The Kier molecular flexibility index (Phi) is 3.90. The highest BCUT2D eigenvalue weighted by Crippen LogP contribution is 2.60. The zero-order chi connectivity index (χ0) is 18.9. The van der Waals surface area contributed by atoms with Gasteiger partial charge in [0.2, 0.25) is 5.91 Å². The molecule has 4 bridgehead atoms. The predicted octanol–water partition coefficient (Wildman–Crippen LogP) is 5.43. The molecule has 0 atom stereocenters. The van der Waals surface area contributed by atoms with E-state index in [1.54, 1.807) is 0 Å². The third-order valence-electron chi connectivity index (χ3n) is 7.37. The number of nitrogens with zero attached hydrogens (tertiary/aromatic N) is 2. The minimum atomic E-state index is -0.150. The SMILES string of the molecule is O=C(Nc1c2c(nn1-c1ccc(Cl)cc1)CSC2)C12CC3CC(CC(C3)C1)C2. The molecule has 0 saturated heterocycles. The maximum absolute atomic E-state index is 13.6. The van der Waals surface area contributed by atoms with Crippen LogP contribution in [-0.2, 0) is 16.3 Å². The van der Waals surface area contributed by atoms with E-state index in [1.165, 1.54) is 24.8 Å². The molecule has 146 valence electrons. The van der Waals surface area contributed by atoms with E-state index in [4.69, 9.17) is 16.7 Å². The lowest BCUT2D eigenvalue weighted by atomic mass is 9.49. The highest BCUT2D eigenvalue weighted by molar-refractivity contribution is 7.98. The Morgan fingerprint density at radius 2 is 1.71 bits per heavy atom. The maximum atomic E-state index is 13.6. The van der Waals surface area contributed by atoms with Gasteiger partial charge in [0.05, 0.1) is 16.8 Å². The van der Waals surface area contributed by atoms with Crippen molar-refractivity contribution in [1.29, 1.82) is 0 Å². The minimum Gasteiger partial charge on any atom is -0.310 e. The molecule has 4 nitrogen and oxygen atoms in total. The van der Waals surface area contributed by atoms with Crippen molar-refractivity contribution < 1.29 is 4.79 Å². The summed E-state index contributed by atoms with van der Waals surface area (Å²) in [4.78, 5) is 13.6. The first-order valence-electron chi connectivity index (χ1n) is 10.4. The zero-order valence-corrected chi connectivity index (χ0v) is 17.4. The third kappa shape index (κ3) is 2.66. The van der Waals surface area contributed by atoms with Crippen molar-refractivity contribution in [3.8, 4) is 5.69 Å². The van der Waals surface area contributed by atoms with Gasteiger partial charge in [-0.2, -0.15) is 16.9 Å². The number of amides is 1. The summed E-state index contributed by atoms with van der Waals surface area (Å²) in [6.07, 6.45) is 7.29. The molecular weight excluding hydrogens is 390 g/mol. The topological polar surface area (TPSA) is 46.9 Å². The van der Waals surface area contributed by atoms with E-state index in [2.05, 4.69) is 5.32 Å². The third-order valence-corrected chi connectivity index (χ3v) is 8.60. The van der Waals surface area contributed by atoms with Gasteiger partial charge >= 0.3 is 0 Å². The van der Waals surface area contributed by atoms with Crippen LogP contribution in [0.1, 0.15) is 49.8 Å². The molecule has 1 N–H and O–H groups in total. The van der Waals surface area contributed by atoms with E-state index in [0.717, 1.165) is 65.7 Å². The molecule has 1 amide bonds. The lowest BCUT2D eigenvalue weighted by Crippen LogP contribution is -2.52. The largest absolute Gasteiger partial charge is 0.310 e. The van der Waals surface area contributed by atoms with Crippen LogP contribution >= 0.6 is 23.4 Å². The van der Waals surface area contributed by atoms with E-state index < -0.39 is 0 Å². The van der Waals surface area contributed by atoms with Crippen LogP contribution in [-0.4, -0.2) is 15.7 Å². The van der Waals surface area contributed by atoms with Crippen LogP contribution in [0.15, 0.2) is 24.3 Å². The van der Waals surface area contributed by atoms with Crippen molar-refractivity contribution in [3.63, 3.8) is 0 Å². The van der Waals surface area contributed by atoms with E-state index in [-0.39, 0.29) is 11.3 Å². The summed E-state index contributed by atoms with van der Waals surface area (Å²) in [5, 5.41) is 8.91. The molecular formula is C22H24ClN3OS. The number of carbonyl (C=O) groups is 1. The Balaban J connectivity index is 1.36. The number of thioether (sulfide) groups is 1. The molecule has 4 fully saturated rings. The molecule has 1 aromatic heterocycles. The molecule has 2 aromatic rings. The summed E-state index contributed by atoms with van der Waals surface area (Å²) in [5.74, 6) is 5.23. The van der Waals surface area contributed by atoms with Gasteiger partial charge in [-0.25, -0.2) is 4.68 Å². The number of halogens is 1. The fourth-order valence-electron chi connectivity index (χ4n) is 6.54. The van der Waals surface area contributed by atoms with Gasteiger partial charge in [-0.3, -0.25) is 4.79 Å². The molecule has 28 heavy (non-hydrogen) atoms. The first-order valence-corrected chi connectivity index (χ1v) is 11.9. The number of carbonyl (C=O) groups excluding carboxylic acids is 1. The Morgan fingerprint density at radius 1 is 1.07 bits per heavy atom. The molecule has 7 rings (SSSR count). The normalized spacial score (nSPS) is 32.5. The van der Waals surface area contributed by atoms with Crippen molar-refractivity contribution in [2.75, 3.05) is 5.32 Å². The second kappa shape index (κ2) is 6.27. The zero-order valence-electron chi connectivity index (χ0n) is 15.8. The van der Waals surface area contributed by atoms with Crippen molar-refractivity contribution in [1.82, 2.24) is 9.78 Å². The molecule has 1 aliphatic heterocycles. The van der Waals surface area contributed by atoms with Crippen LogP contribution in [0, 0.1) is 23.2 Å². The number of rotatable bonds is 3. The number of anilines is 1. The van der Waals surface area contributed by atoms with E-state index >= 15 is 0 Å². The molecule has 0 unspecified atom stereocenters. The Hall–Kier alpha value is -1.46. The molecule has 6 heteroatoms. The van der Waals surface area contributed by atoms with Gasteiger partial charge in [-0.05, 0) is 80.5 Å². The quantitative estimate of drug-likeness (QED) is 0.729. The van der Waals surface area contributed by atoms with Crippen molar-refractivity contribution in [2.45, 2.75) is 50.0 Å². The van der Waals surface area contributed by atoms with Crippen LogP contribution in [0.4, 0.5) is 5.82 Å². The van der Waals surface area contributed by atoms with Crippen LogP contribution in [0.5, 0.6) is 0 Å². The van der Waals surface area contributed by atoms with E-state index in [1.807, 2.05) is 40.7 Å². The molecule has 1 aromatic carbocycles. The highest BCUT2D eigenvalue weighted by atomic mass is 35.5.